The summed E-state index contributed by atoms with van der Waals surface area (Å²) in [5, 5.41) is 6.06. The zero-order valence-electron chi connectivity index (χ0n) is 12.0. The fourth-order valence-corrected chi connectivity index (χ4v) is 1.65. The van der Waals surface area contributed by atoms with E-state index in [2.05, 4.69) is 31.4 Å². The van der Waals surface area contributed by atoms with Crippen LogP contribution < -0.4 is 10.6 Å². The minimum absolute atomic E-state index is 0.00755. The molecule has 1 aromatic carbocycles. The molecule has 1 amide bonds. The van der Waals surface area contributed by atoms with Gasteiger partial charge in [0.2, 0.25) is 0 Å². The molecule has 1 rings (SSSR count). The summed E-state index contributed by atoms with van der Waals surface area (Å²) in [6.07, 6.45) is 0. The SMILES string of the molecule is CNc1cc(C)ccc1C(=O)NCC(C)C(C)C. The number of hydrogen-bond donors (Lipinski definition) is 2. The molecule has 18 heavy (non-hydrogen) atoms. The van der Waals surface area contributed by atoms with Crippen LogP contribution >= 0.6 is 0 Å². The number of nitrogens with one attached hydrogen (secondary N) is 2. The molecule has 100 valence electrons. The Bertz CT molecular complexity index is 413. The standard InChI is InChI=1S/C15H24N2O/c1-10(2)12(4)9-17-15(18)13-7-6-11(3)8-14(13)16-5/h6-8,10,12,16H,9H2,1-5H3,(H,17,18). The molecule has 2 N–H and O–H groups in total. The van der Waals surface area contributed by atoms with Crippen molar-refractivity contribution in [2.45, 2.75) is 27.7 Å². The maximum atomic E-state index is 12.1. The molecule has 0 bridgehead atoms. The normalized spacial score (nSPS) is 12.3. The van der Waals surface area contributed by atoms with Crippen molar-refractivity contribution in [2.75, 3.05) is 18.9 Å². The Morgan fingerprint density at radius 3 is 2.50 bits per heavy atom. The third-order valence-corrected chi connectivity index (χ3v) is 3.41. The van der Waals surface area contributed by atoms with Crippen molar-refractivity contribution in [2.24, 2.45) is 11.8 Å². The van der Waals surface area contributed by atoms with Crippen LogP contribution in [0.1, 0.15) is 36.7 Å². The topological polar surface area (TPSA) is 41.1 Å². The number of hydrogen-bond acceptors (Lipinski definition) is 2. The van der Waals surface area contributed by atoms with E-state index in [4.69, 9.17) is 0 Å². The average Bonchev–Trinajstić information content (AvgIpc) is 2.34. The van der Waals surface area contributed by atoms with Crippen LogP contribution in [0.5, 0.6) is 0 Å². The smallest absolute Gasteiger partial charge is 0.253 e. The van der Waals surface area contributed by atoms with Gasteiger partial charge in [-0.15, -0.1) is 0 Å². The molecule has 1 aromatic rings. The van der Waals surface area contributed by atoms with Gasteiger partial charge in [-0.05, 0) is 36.5 Å². The van der Waals surface area contributed by atoms with E-state index in [9.17, 15) is 4.79 Å². The number of anilines is 1. The largest absolute Gasteiger partial charge is 0.387 e. The molecule has 0 aromatic heterocycles. The van der Waals surface area contributed by atoms with Gasteiger partial charge in [-0.25, -0.2) is 0 Å². The van der Waals surface area contributed by atoms with Crippen molar-refractivity contribution in [3.05, 3.63) is 29.3 Å². The van der Waals surface area contributed by atoms with Crippen LogP contribution in [0, 0.1) is 18.8 Å². The van der Waals surface area contributed by atoms with Gasteiger partial charge < -0.3 is 10.6 Å². The van der Waals surface area contributed by atoms with Crippen molar-refractivity contribution in [3.8, 4) is 0 Å². The molecular weight excluding hydrogens is 224 g/mol. The molecule has 0 saturated heterocycles. The van der Waals surface area contributed by atoms with E-state index in [0.717, 1.165) is 11.3 Å². The quantitative estimate of drug-likeness (QED) is 0.841. The van der Waals surface area contributed by atoms with Crippen LogP contribution in [-0.4, -0.2) is 19.5 Å². The fourth-order valence-electron chi connectivity index (χ4n) is 1.65. The molecule has 0 saturated carbocycles. The van der Waals surface area contributed by atoms with Gasteiger partial charge in [-0.3, -0.25) is 4.79 Å². The summed E-state index contributed by atoms with van der Waals surface area (Å²) >= 11 is 0. The summed E-state index contributed by atoms with van der Waals surface area (Å²) in [6, 6.07) is 5.82. The molecule has 0 fully saturated rings. The van der Waals surface area contributed by atoms with Gasteiger partial charge in [0.15, 0.2) is 0 Å². The molecule has 0 aliphatic carbocycles. The van der Waals surface area contributed by atoms with Gasteiger partial charge >= 0.3 is 0 Å². The Kier molecular flexibility index (Phi) is 5.20. The predicted octanol–water partition coefficient (Wildman–Crippen LogP) is 3.06. The Morgan fingerprint density at radius 2 is 1.94 bits per heavy atom. The number of aryl methyl sites for hydroxylation is 1. The Hall–Kier alpha value is -1.51. The van der Waals surface area contributed by atoms with Gasteiger partial charge in [0.05, 0.1) is 5.56 Å². The van der Waals surface area contributed by atoms with Crippen LogP contribution in [0.25, 0.3) is 0 Å². The number of benzene rings is 1. The Labute approximate surface area is 110 Å². The minimum atomic E-state index is -0.00755. The lowest BCUT2D eigenvalue weighted by Crippen LogP contribution is -2.30. The van der Waals surface area contributed by atoms with Crippen LogP contribution in [0.3, 0.4) is 0 Å². The molecule has 0 aliphatic heterocycles. The molecule has 0 aliphatic rings. The van der Waals surface area contributed by atoms with Crippen molar-refractivity contribution in [1.82, 2.24) is 5.32 Å². The zero-order valence-corrected chi connectivity index (χ0v) is 12.0. The van der Waals surface area contributed by atoms with Gasteiger partial charge in [0.25, 0.3) is 5.91 Å². The van der Waals surface area contributed by atoms with E-state index in [-0.39, 0.29) is 5.91 Å². The van der Waals surface area contributed by atoms with Gasteiger partial charge in [-0.2, -0.15) is 0 Å². The van der Waals surface area contributed by atoms with E-state index in [0.29, 0.717) is 23.9 Å². The summed E-state index contributed by atoms with van der Waals surface area (Å²) in [4.78, 5) is 12.1. The first-order valence-electron chi connectivity index (χ1n) is 6.52. The molecule has 1 atom stereocenters. The third kappa shape index (κ3) is 3.76. The first-order chi connectivity index (χ1) is 8.45. The van der Waals surface area contributed by atoms with E-state index in [1.165, 1.54) is 0 Å². The first-order valence-corrected chi connectivity index (χ1v) is 6.52. The lowest BCUT2D eigenvalue weighted by molar-refractivity contribution is 0.0945. The number of carbonyl (C=O) groups is 1. The highest BCUT2D eigenvalue weighted by molar-refractivity contribution is 5.99. The monoisotopic (exact) mass is 248 g/mol. The van der Waals surface area contributed by atoms with Crippen molar-refractivity contribution in [3.63, 3.8) is 0 Å². The lowest BCUT2D eigenvalue weighted by atomic mass is 9.98. The van der Waals surface area contributed by atoms with Gasteiger partial charge in [0.1, 0.15) is 0 Å². The van der Waals surface area contributed by atoms with Crippen LogP contribution in [0.2, 0.25) is 0 Å². The molecule has 0 spiro atoms. The maximum absolute atomic E-state index is 12.1. The molecule has 1 unspecified atom stereocenters. The molecule has 3 heteroatoms. The second-order valence-corrected chi connectivity index (χ2v) is 5.23. The maximum Gasteiger partial charge on any atom is 0.253 e. The lowest BCUT2D eigenvalue weighted by Gasteiger charge is -2.17. The zero-order chi connectivity index (χ0) is 13.7. The van der Waals surface area contributed by atoms with E-state index >= 15 is 0 Å². The highest BCUT2D eigenvalue weighted by atomic mass is 16.1. The van der Waals surface area contributed by atoms with Gasteiger partial charge in [0, 0.05) is 19.3 Å². The minimum Gasteiger partial charge on any atom is -0.387 e. The van der Waals surface area contributed by atoms with Crippen LogP contribution in [-0.2, 0) is 0 Å². The summed E-state index contributed by atoms with van der Waals surface area (Å²) in [7, 11) is 1.84. The Balaban J connectivity index is 2.72. The molecule has 0 radical (unpaired) electrons. The second-order valence-electron chi connectivity index (χ2n) is 5.23. The van der Waals surface area contributed by atoms with Crippen molar-refractivity contribution >= 4 is 11.6 Å². The number of carbonyl (C=O) groups excluding carboxylic acids is 1. The van der Waals surface area contributed by atoms with E-state index in [1.54, 1.807) is 0 Å². The van der Waals surface area contributed by atoms with Crippen molar-refractivity contribution < 1.29 is 4.79 Å². The number of rotatable bonds is 5. The highest BCUT2D eigenvalue weighted by Crippen LogP contribution is 2.17. The fraction of sp³-hybridized carbons (Fsp3) is 0.533. The third-order valence-electron chi connectivity index (χ3n) is 3.41. The van der Waals surface area contributed by atoms with Crippen molar-refractivity contribution in [1.29, 1.82) is 0 Å². The molecule has 0 heterocycles. The average molecular weight is 248 g/mol. The summed E-state index contributed by atoms with van der Waals surface area (Å²) < 4.78 is 0. The molecule has 3 nitrogen and oxygen atoms in total. The predicted molar refractivity (Wildman–Crippen MR) is 77.1 cm³/mol. The van der Waals surface area contributed by atoms with Gasteiger partial charge in [-0.1, -0.05) is 26.8 Å². The first kappa shape index (κ1) is 14.6. The summed E-state index contributed by atoms with van der Waals surface area (Å²) in [5.41, 5.74) is 2.73. The Morgan fingerprint density at radius 1 is 1.28 bits per heavy atom. The van der Waals surface area contributed by atoms with Crippen LogP contribution in [0.15, 0.2) is 18.2 Å². The van der Waals surface area contributed by atoms with E-state index in [1.807, 2.05) is 32.2 Å². The molecular formula is C15H24N2O. The van der Waals surface area contributed by atoms with Crippen LogP contribution in [0.4, 0.5) is 5.69 Å². The second kappa shape index (κ2) is 6.43. The summed E-state index contributed by atoms with van der Waals surface area (Å²) in [6.45, 7) is 9.22. The summed E-state index contributed by atoms with van der Waals surface area (Å²) in [5.74, 6) is 1.05. The highest BCUT2D eigenvalue weighted by Gasteiger charge is 2.13. The van der Waals surface area contributed by atoms with E-state index < -0.39 is 0 Å². The number of amides is 1.